The summed E-state index contributed by atoms with van der Waals surface area (Å²) in [6, 6.07) is 5.09. The second-order valence-electron chi connectivity index (χ2n) is 4.94. The fourth-order valence-corrected chi connectivity index (χ4v) is 4.03. The molecule has 0 heterocycles. The number of thioether (sulfide) groups is 1. The van der Waals surface area contributed by atoms with Crippen LogP contribution in [-0.2, 0) is 6.54 Å². The fraction of sp³-hybridized carbons (Fsp3) is 0.571. The van der Waals surface area contributed by atoms with E-state index in [9.17, 15) is 10.1 Å². The number of nitrogens with one attached hydrogen (secondary N) is 1. The standard InChI is InChI=1S/C14H19ClN2O2S/c1-2-20-14-5-3-4-13(14)16-9-10-8-11(17(18)19)6-7-12(10)15/h6-8,13-14,16H,2-5,9H2,1H3. The van der Waals surface area contributed by atoms with Crippen molar-refractivity contribution in [1.29, 1.82) is 0 Å². The molecule has 2 atom stereocenters. The van der Waals surface area contributed by atoms with Gasteiger partial charge in [0.1, 0.15) is 0 Å². The molecule has 0 amide bonds. The maximum atomic E-state index is 10.8. The first-order chi connectivity index (χ1) is 9.61. The number of benzene rings is 1. The Morgan fingerprint density at radius 1 is 1.50 bits per heavy atom. The summed E-state index contributed by atoms with van der Waals surface area (Å²) in [5, 5.41) is 15.5. The molecule has 110 valence electrons. The largest absolute Gasteiger partial charge is 0.309 e. The summed E-state index contributed by atoms with van der Waals surface area (Å²) in [4.78, 5) is 10.4. The van der Waals surface area contributed by atoms with Gasteiger partial charge in [-0.05, 0) is 30.2 Å². The quantitative estimate of drug-likeness (QED) is 0.636. The molecule has 1 aromatic rings. The third-order valence-corrected chi connectivity index (χ3v) is 5.32. The monoisotopic (exact) mass is 314 g/mol. The van der Waals surface area contributed by atoms with Crippen molar-refractivity contribution in [2.75, 3.05) is 5.75 Å². The molecule has 6 heteroatoms. The second-order valence-corrected chi connectivity index (χ2v) is 6.87. The van der Waals surface area contributed by atoms with Crippen molar-refractivity contribution in [2.45, 2.75) is 44.0 Å². The number of rotatable bonds is 6. The molecule has 0 saturated heterocycles. The minimum Gasteiger partial charge on any atom is -0.309 e. The summed E-state index contributed by atoms with van der Waals surface area (Å²) in [6.07, 6.45) is 3.67. The Bertz CT molecular complexity index is 484. The molecule has 0 spiro atoms. The number of halogens is 1. The molecule has 1 aromatic carbocycles. The summed E-state index contributed by atoms with van der Waals surface area (Å²) in [5.41, 5.74) is 0.894. The first-order valence-electron chi connectivity index (χ1n) is 6.89. The normalized spacial score (nSPS) is 22.1. The van der Waals surface area contributed by atoms with Gasteiger partial charge in [0, 0.05) is 35.0 Å². The highest BCUT2D eigenvalue weighted by Gasteiger charge is 2.26. The van der Waals surface area contributed by atoms with E-state index in [1.54, 1.807) is 12.1 Å². The van der Waals surface area contributed by atoms with Crippen molar-refractivity contribution in [3.63, 3.8) is 0 Å². The lowest BCUT2D eigenvalue weighted by molar-refractivity contribution is -0.384. The lowest BCUT2D eigenvalue weighted by atomic mass is 10.1. The van der Waals surface area contributed by atoms with Crippen molar-refractivity contribution in [3.05, 3.63) is 38.9 Å². The predicted molar refractivity (Wildman–Crippen MR) is 84.5 cm³/mol. The van der Waals surface area contributed by atoms with E-state index in [-0.39, 0.29) is 10.6 Å². The summed E-state index contributed by atoms with van der Waals surface area (Å²) < 4.78 is 0. The van der Waals surface area contributed by atoms with Gasteiger partial charge in [0.05, 0.1) is 4.92 Å². The zero-order chi connectivity index (χ0) is 14.5. The lowest BCUT2D eigenvalue weighted by Crippen LogP contribution is -2.33. The van der Waals surface area contributed by atoms with E-state index in [2.05, 4.69) is 12.2 Å². The number of nitrogens with zero attached hydrogens (tertiary/aromatic N) is 1. The Morgan fingerprint density at radius 2 is 2.30 bits per heavy atom. The topological polar surface area (TPSA) is 55.2 Å². The van der Waals surface area contributed by atoms with E-state index in [1.165, 1.54) is 25.3 Å². The van der Waals surface area contributed by atoms with Gasteiger partial charge in [-0.3, -0.25) is 10.1 Å². The second kappa shape index (κ2) is 7.29. The first-order valence-corrected chi connectivity index (χ1v) is 8.32. The number of hydrogen-bond acceptors (Lipinski definition) is 4. The van der Waals surface area contributed by atoms with Gasteiger partial charge in [0.2, 0.25) is 0 Å². The lowest BCUT2D eigenvalue weighted by Gasteiger charge is -2.20. The highest BCUT2D eigenvalue weighted by Crippen LogP contribution is 2.30. The van der Waals surface area contributed by atoms with Crippen LogP contribution in [0.25, 0.3) is 0 Å². The molecular formula is C14H19ClN2O2S. The van der Waals surface area contributed by atoms with Crippen molar-refractivity contribution >= 4 is 29.1 Å². The van der Waals surface area contributed by atoms with Gasteiger partial charge in [0.25, 0.3) is 5.69 Å². The van der Waals surface area contributed by atoms with Crippen LogP contribution in [0.15, 0.2) is 18.2 Å². The third kappa shape index (κ3) is 3.87. The van der Waals surface area contributed by atoms with E-state index in [1.807, 2.05) is 11.8 Å². The van der Waals surface area contributed by atoms with Crippen LogP contribution in [0, 0.1) is 10.1 Å². The van der Waals surface area contributed by atoms with Gasteiger partial charge in [-0.25, -0.2) is 0 Å². The van der Waals surface area contributed by atoms with Crippen LogP contribution in [0.2, 0.25) is 5.02 Å². The molecule has 0 aromatic heterocycles. The molecule has 4 nitrogen and oxygen atoms in total. The SMILES string of the molecule is CCSC1CCCC1NCc1cc([N+](=O)[O-])ccc1Cl. The molecule has 1 N–H and O–H groups in total. The Kier molecular flexibility index (Phi) is 5.69. The molecule has 0 radical (unpaired) electrons. The first kappa shape index (κ1) is 15.6. The van der Waals surface area contributed by atoms with Gasteiger partial charge in [0.15, 0.2) is 0 Å². The molecular weight excluding hydrogens is 296 g/mol. The van der Waals surface area contributed by atoms with Crippen LogP contribution in [0.1, 0.15) is 31.7 Å². The molecule has 1 aliphatic rings. The zero-order valence-electron chi connectivity index (χ0n) is 11.5. The summed E-state index contributed by atoms with van der Waals surface area (Å²) in [6.45, 7) is 2.77. The maximum absolute atomic E-state index is 10.8. The van der Waals surface area contributed by atoms with Crippen LogP contribution in [0.4, 0.5) is 5.69 Å². The Hall–Kier alpha value is -0.780. The Morgan fingerprint density at radius 3 is 3.00 bits per heavy atom. The van der Waals surface area contributed by atoms with Crippen LogP contribution in [0.3, 0.4) is 0 Å². The van der Waals surface area contributed by atoms with E-state index in [4.69, 9.17) is 11.6 Å². The summed E-state index contributed by atoms with van der Waals surface area (Å²) in [7, 11) is 0. The summed E-state index contributed by atoms with van der Waals surface area (Å²) >= 11 is 8.11. The maximum Gasteiger partial charge on any atom is 0.269 e. The van der Waals surface area contributed by atoms with Crippen molar-refractivity contribution in [2.24, 2.45) is 0 Å². The third-order valence-electron chi connectivity index (χ3n) is 3.63. The Balaban J connectivity index is 1.99. The predicted octanol–water partition coefficient (Wildman–Crippen LogP) is 4.01. The molecule has 0 bridgehead atoms. The molecule has 2 rings (SSSR count). The average Bonchev–Trinajstić information content (AvgIpc) is 2.85. The molecule has 0 aliphatic heterocycles. The van der Waals surface area contributed by atoms with E-state index in [0.29, 0.717) is 22.9 Å². The zero-order valence-corrected chi connectivity index (χ0v) is 13.0. The minimum atomic E-state index is -0.384. The highest BCUT2D eigenvalue weighted by atomic mass is 35.5. The van der Waals surface area contributed by atoms with Gasteiger partial charge in [-0.1, -0.05) is 24.9 Å². The van der Waals surface area contributed by atoms with E-state index < -0.39 is 0 Å². The smallest absolute Gasteiger partial charge is 0.269 e. The number of nitro benzene ring substituents is 1. The van der Waals surface area contributed by atoms with Gasteiger partial charge < -0.3 is 5.32 Å². The molecule has 1 saturated carbocycles. The average molecular weight is 315 g/mol. The van der Waals surface area contributed by atoms with Crippen LogP contribution < -0.4 is 5.32 Å². The van der Waals surface area contributed by atoms with Crippen LogP contribution in [0.5, 0.6) is 0 Å². The highest BCUT2D eigenvalue weighted by molar-refractivity contribution is 7.99. The number of non-ortho nitro benzene ring substituents is 1. The summed E-state index contributed by atoms with van der Waals surface area (Å²) in [5.74, 6) is 1.13. The van der Waals surface area contributed by atoms with Crippen molar-refractivity contribution in [3.8, 4) is 0 Å². The molecule has 1 fully saturated rings. The van der Waals surface area contributed by atoms with Crippen molar-refractivity contribution < 1.29 is 4.92 Å². The van der Waals surface area contributed by atoms with Crippen LogP contribution in [-0.4, -0.2) is 22.0 Å². The number of nitro groups is 1. The minimum absolute atomic E-state index is 0.0945. The van der Waals surface area contributed by atoms with E-state index in [0.717, 1.165) is 11.3 Å². The Labute approximate surface area is 128 Å². The van der Waals surface area contributed by atoms with Gasteiger partial charge in [-0.15, -0.1) is 0 Å². The van der Waals surface area contributed by atoms with Crippen LogP contribution >= 0.6 is 23.4 Å². The molecule has 2 unspecified atom stereocenters. The molecule has 1 aliphatic carbocycles. The molecule has 20 heavy (non-hydrogen) atoms. The van der Waals surface area contributed by atoms with Gasteiger partial charge >= 0.3 is 0 Å². The fourth-order valence-electron chi connectivity index (χ4n) is 2.62. The number of hydrogen-bond donors (Lipinski definition) is 1. The van der Waals surface area contributed by atoms with Gasteiger partial charge in [-0.2, -0.15) is 11.8 Å². The van der Waals surface area contributed by atoms with E-state index >= 15 is 0 Å². The van der Waals surface area contributed by atoms with Crippen molar-refractivity contribution in [1.82, 2.24) is 5.32 Å².